The van der Waals surface area contributed by atoms with Crippen LogP contribution in [0.4, 0.5) is 0 Å². The van der Waals surface area contributed by atoms with Gasteiger partial charge in [-0.1, -0.05) is 19.3 Å². The van der Waals surface area contributed by atoms with Crippen molar-refractivity contribution in [2.45, 2.75) is 63.2 Å². The van der Waals surface area contributed by atoms with Crippen LogP contribution in [0.1, 0.15) is 52.4 Å². The van der Waals surface area contributed by atoms with Gasteiger partial charge in [0.15, 0.2) is 5.96 Å². The number of nitrogens with zero attached hydrogens (tertiary/aromatic N) is 2. The third-order valence-corrected chi connectivity index (χ3v) is 6.50. The van der Waals surface area contributed by atoms with Crippen LogP contribution in [0.25, 0.3) is 0 Å². The van der Waals surface area contributed by atoms with Crippen LogP contribution in [0.5, 0.6) is 0 Å². The summed E-state index contributed by atoms with van der Waals surface area (Å²) in [6, 6.07) is 0.307. The Labute approximate surface area is 151 Å². The van der Waals surface area contributed by atoms with Gasteiger partial charge in [-0.2, -0.15) is 11.8 Å². The van der Waals surface area contributed by atoms with Crippen LogP contribution in [0.2, 0.25) is 0 Å². The largest absolute Gasteiger partial charge is 0.355 e. The molecule has 0 aromatic rings. The number of hydrogen-bond donors (Lipinski definition) is 2. The molecule has 2 fully saturated rings. The van der Waals surface area contributed by atoms with E-state index in [9.17, 15) is 4.79 Å². The van der Waals surface area contributed by atoms with E-state index in [4.69, 9.17) is 0 Å². The van der Waals surface area contributed by atoms with Gasteiger partial charge >= 0.3 is 0 Å². The maximum atomic E-state index is 12.6. The topological polar surface area (TPSA) is 56.7 Å². The first-order chi connectivity index (χ1) is 11.4. The predicted molar refractivity (Wildman–Crippen MR) is 104 cm³/mol. The Kier molecular flexibility index (Phi) is 7.26. The minimum absolute atomic E-state index is 0.177. The minimum atomic E-state index is 0.177. The number of carbonyl (C=O) groups is 1. The van der Waals surface area contributed by atoms with Crippen molar-refractivity contribution in [1.29, 1.82) is 0 Å². The fraction of sp³-hybridized carbons (Fsp3) is 0.889. The average molecular weight is 355 g/mol. The number of guanidine groups is 1. The van der Waals surface area contributed by atoms with Gasteiger partial charge in [-0.15, -0.1) is 0 Å². The molecule has 1 heterocycles. The molecule has 0 aromatic heterocycles. The second-order valence-corrected chi connectivity index (χ2v) is 9.15. The Balaban J connectivity index is 1.78. The molecule has 5 nitrogen and oxygen atoms in total. The van der Waals surface area contributed by atoms with Crippen molar-refractivity contribution >= 4 is 23.6 Å². The first-order valence-corrected chi connectivity index (χ1v) is 10.5. The summed E-state index contributed by atoms with van der Waals surface area (Å²) >= 11 is 1.84. The van der Waals surface area contributed by atoms with Crippen molar-refractivity contribution in [2.24, 2.45) is 10.9 Å². The highest BCUT2D eigenvalue weighted by atomic mass is 32.2. The second kappa shape index (κ2) is 8.97. The van der Waals surface area contributed by atoms with Crippen LogP contribution in [0.15, 0.2) is 4.99 Å². The Morgan fingerprint density at radius 1 is 1.25 bits per heavy atom. The zero-order valence-electron chi connectivity index (χ0n) is 15.7. The molecule has 1 atom stereocenters. The van der Waals surface area contributed by atoms with Crippen LogP contribution >= 0.6 is 11.8 Å². The van der Waals surface area contributed by atoms with E-state index >= 15 is 0 Å². The smallest absolute Gasteiger partial charge is 0.225 e. The van der Waals surface area contributed by atoms with Crippen LogP contribution in [-0.4, -0.2) is 60.5 Å². The summed E-state index contributed by atoms with van der Waals surface area (Å²) in [5.74, 6) is 1.50. The first-order valence-electron chi connectivity index (χ1n) is 9.26. The Hall–Kier alpha value is -0.910. The van der Waals surface area contributed by atoms with Crippen LogP contribution in [0.3, 0.4) is 0 Å². The van der Waals surface area contributed by atoms with Gasteiger partial charge in [0, 0.05) is 43.4 Å². The van der Waals surface area contributed by atoms with Gasteiger partial charge in [0.25, 0.3) is 0 Å². The molecular weight excluding hydrogens is 320 g/mol. The highest BCUT2D eigenvalue weighted by Crippen LogP contribution is 2.26. The average Bonchev–Trinajstić information content (AvgIpc) is 3.07. The van der Waals surface area contributed by atoms with Gasteiger partial charge in [-0.05, 0) is 39.4 Å². The number of likely N-dealkylation sites (tertiary alicyclic amines) is 1. The van der Waals surface area contributed by atoms with Crippen LogP contribution in [-0.2, 0) is 4.79 Å². The number of rotatable bonds is 5. The molecule has 0 aromatic carbocycles. The number of nitrogens with one attached hydrogen (secondary N) is 2. The lowest BCUT2D eigenvalue weighted by molar-refractivity contribution is -0.135. The SMILES string of the molecule is CN=C(NCC(C)(C)SC)NC1CCN(C(=O)C2CCCCC2)C1. The molecule has 0 bridgehead atoms. The fourth-order valence-corrected chi connectivity index (χ4v) is 3.66. The third-order valence-electron chi connectivity index (χ3n) is 5.25. The maximum Gasteiger partial charge on any atom is 0.225 e. The molecule has 1 saturated heterocycles. The van der Waals surface area contributed by atoms with Gasteiger partial charge in [0.1, 0.15) is 0 Å². The fourth-order valence-electron chi connectivity index (χ4n) is 3.44. The van der Waals surface area contributed by atoms with Crippen LogP contribution in [0, 0.1) is 5.92 Å². The number of hydrogen-bond acceptors (Lipinski definition) is 3. The van der Waals surface area contributed by atoms with Gasteiger partial charge in [-0.3, -0.25) is 9.79 Å². The summed E-state index contributed by atoms with van der Waals surface area (Å²) < 4.78 is 0.177. The van der Waals surface area contributed by atoms with Crippen molar-refractivity contribution in [1.82, 2.24) is 15.5 Å². The number of carbonyl (C=O) groups excluding carboxylic acids is 1. The molecule has 2 aliphatic rings. The van der Waals surface area contributed by atoms with Crippen molar-refractivity contribution in [3.63, 3.8) is 0 Å². The summed E-state index contributed by atoms with van der Waals surface area (Å²) in [7, 11) is 1.81. The first kappa shape index (κ1) is 19.4. The normalized spacial score (nSPS) is 23.4. The van der Waals surface area contributed by atoms with E-state index in [0.29, 0.717) is 11.9 Å². The van der Waals surface area contributed by atoms with Crippen LogP contribution < -0.4 is 10.6 Å². The zero-order chi connectivity index (χ0) is 17.6. The molecular formula is C18H34N4OS. The molecule has 1 saturated carbocycles. The maximum absolute atomic E-state index is 12.6. The van der Waals surface area contributed by atoms with Gasteiger partial charge in [0.05, 0.1) is 0 Å². The van der Waals surface area contributed by atoms with E-state index in [-0.39, 0.29) is 10.7 Å². The van der Waals surface area contributed by atoms with E-state index < -0.39 is 0 Å². The molecule has 1 aliphatic carbocycles. The second-order valence-electron chi connectivity index (χ2n) is 7.64. The summed E-state index contributed by atoms with van der Waals surface area (Å²) in [5, 5.41) is 6.90. The van der Waals surface area contributed by atoms with E-state index in [2.05, 4.69) is 40.6 Å². The summed E-state index contributed by atoms with van der Waals surface area (Å²) in [6.07, 6.45) is 9.03. The molecule has 0 spiro atoms. The molecule has 1 unspecified atom stereocenters. The van der Waals surface area contributed by atoms with E-state index in [0.717, 1.165) is 44.9 Å². The van der Waals surface area contributed by atoms with E-state index in [1.807, 2.05) is 11.8 Å². The van der Waals surface area contributed by atoms with Crippen molar-refractivity contribution in [2.75, 3.05) is 32.9 Å². The molecule has 1 amide bonds. The van der Waals surface area contributed by atoms with Crippen molar-refractivity contribution in [3.05, 3.63) is 0 Å². The molecule has 0 radical (unpaired) electrons. The minimum Gasteiger partial charge on any atom is -0.355 e. The Bertz CT molecular complexity index is 446. The standard InChI is InChI=1S/C18H34N4OS/c1-18(2,24-4)13-20-17(19-3)21-15-10-11-22(12-15)16(23)14-8-6-5-7-9-14/h14-15H,5-13H2,1-4H3,(H2,19,20,21). The highest BCUT2D eigenvalue weighted by molar-refractivity contribution is 7.99. The molecule has 6 heteroatoms. The lowest BCUT2D eigenvalue weighted by Crippen LogP contribution is -2.48. The monoisotopic (exact) mass is 354 g/mol. The molecule has 138 valence electrons. The quantitative estimate of drug-likeness (QED) is 0.588. The third kappa shape index (κ3) is 5.57. The van der Waals surface area contributed by atoms with Gasteiger partial charge in [0.2, 0.25) is 5.91 Å². The number of amides is 1. The Morgan fingerprint density at radius 2 is 1.96 bits per heavy atom. The summed E-state index contributed by atoms with van der Waals surface area (Å²) in [6.45, 7) is 6.99. The molecule has 24 heavy (non-hydrogen) atoms. The lowest BCUT2D eigenvalue weighted by Gasteiger charge is -2.27. The lowest BCUT2D eigenvalue weighted by atomic mass is 9.88. The summed E-state index contributed by atoms with van der Waals surface area (Å²) in [5.41, 5.74) is 0. The molecule has 2 rings (SSSR count). The van der Waals surface area contributed by atoms with E-state index in [1.54, 1.807) is 7.05 Å². The Morgan fingerprint density at radius 3 is 2.58 bits per heavy atom. The van der Waals surface area contributed by atoms with Gasteiger partial charge in [-0.25, -0.2) is 0 Å². The van der Waals surface area contributed by atoms with Gasteiger partial charge < -0.3 is 15.5 Å². The number of aliphatic imine (C=N–C) groups is 1. The zero-order valence-corrected chi connectivity index (χ0v) is 16.5. The summed E-state index contributed by atoms with van der Waals surface area (Å²) in [4.78, 5) is 19.0. The molecule has 2 N–H and O–H groups in total. The van der Waals surface area contributed by atoms with Crippen molar-refractivity contribution < 1.29 is 4.79 Å². The molecule has 1 aliphatic heterocycles. The van der Waals surface area contributed by atoms with E-state index in [1.165, 1.54) is 19.3 Å². The van der Waals surface area contributed by atoms with Crippen molar-refractivity contribution in [3.8, 4) is 0 Å². The highest BCUT2D eigenvalue weighted by Gasteiger charge is 2.31. The number of thioether (sulfide) groups is 1. The predicted octanol–water partition coefficient (Wildman–Crippen LogP) is 2.47.